The summed E-state index contributed by atoms with van der Waals surface area (Å²) in [5, 5.41) is 21.2. The molecule has 1 amide bonds. The third-order valence-electron chi connectivity index (χ3n) is 3.70. The Hall–Kier alpha value is -2.04. The van der Waals surface area contributed by atoms with E-state index in [0.29, 0.717) is 5.92 Å². The minimum atomic E-state index is -1.09. The Labute approximate surface area is 111 Å². The molecule has 2 atom stereocenters. The fourth-order valence-electron chi connectivity index (χ4n) is 2.53. The van der Waals surface area contributed by atoms with Gasteiger partial charge in [-0.25, -0.2) is 4.79 Å². The molecule has 0 saturated heterocycles. The Morgan fingerprint density at radius 2 is 2.05 bits per heavy atom. The molecule has 0 aromatic heterocycles. The van der Waals surface area contributed by atoms with E-state index < -0.39 is 5.97 Å². The molecule has 0 heterocycles. The summed E-state index contributed by atoms with van der Waals surface area (Å²) in [5.41, 5.74) is 0.191. The van der Waals surface area contributed by atoms with Gasteiger partial charge in [-0.05, 0) is 37.0 Å². The second kappa shape index (κ2) is 5.30. The van der Waals surface area contributed by atoms with Crippen LogP contribution in [0.2, 0.25) is 0 Å². The fraction of sp³-hybridized carbons (Fsp3) is 0.429. The maximum Gasteiger partial charge on any atom is 0.335 e. The molecule has 5 nitrogen and oxygen atoms in total. The third kappa shape index (κ3) is 2.86. The zero-order valence-electron chi connectivity index (χ0n) is 10.7. The summed E-state index contributed by atoms with van der Waals surface area (Å²) in [6.07, 6.45) is 2.89. The summed E-state index contributed by atoms with van der Waals surface area (Å²) >= 11 is 0. The minimum Gasteiger partial charge on any atom is -0.506 e. The number of anilines is 1. The summed E-state index contributed by atoms with van der Waals surface area (Å²) < 4.78 is 0. The van der Waals surface area contributed by atoms with Crippen LogP contribution in [-0.4, -0.2) is 22.1 Å². The molecule has 0 radical (unpaired) electrons. The van der Waals surface area contributed by atoms with Crippen LogP contribution in [0.3, 0.4) is 0 Å². The second-order valence-corrected chi connectivity index (χ2v) is 5.04. The SMILES string of the molecule is CC1CCCC1C(=O)Nc1cc(C(=O)O)ccc1O. The smallest absolute Gasteiger partial charge is 0.335 e. The lowest BCUT2D eigenvalue weighted by atomic mass is 9.97. The zero-order valence-corrected chi connectivity index (χ0v) is 10.7. The maximum atomic E-state index is 12.1. The fourth-order valence-corrected chi connectivity index (χ4v) is 2.53. The normalized spacial score (nSPS) is 22.2. The number of phenols is 1. The molecule has 1 aromatic rings. The van der Waals surface area contributed by atoms with Gasteiger partial charge in [0.1, 0.15) is 5.75 Å². The predicted octanol–water partition coefficient (Wildman–Crippen LogP) is 2.47. The van der Waals surface area contributed by atoms with Crippen LogP contribution in [0.25, 0.3) is 0 Å². The molecular weight excluding hydrogens is 246 g/mol. The number of carbonyl (C=O) groups excluding carboxylic acids is 1. The minimum absolute atomic E-state index is 0.0348. The molecule has 0 bridgehead atoms. The van der Waals surface area contributed by atoms with E-state index in [0.717, 1.165) is 19.3 Å². The van der Waals surface area contributed by atoms with Gasteiger partial charge in [0.2, 0.25) is 5.91 Å². The van der Waals surface area contributed by atoms with E-state index in [9.17, 15) is 14.7 Å². The lowest BCUT2D eigenvalue weighted by molar-refractivity contribution is -0.120. The van der Waals surface area contributed by atoms with Crippen LogP contribution in [0.5, 0.6) is 5.75 Å². The van der Waals surface area contributed by atoms with Crippen molar-refractivity contribution >= 4 is 17.6 Å². The summed E-state index contributed by atoms with van der Waals surface area (Å²) in [5.74, 6) is -1.10. The lowest BCUT2D eigenvalue weighted by Crippen LogP contribution is -2.24. The van der Waals surface area contributed by atoms with E-state index in [-0.39, 0.29) is 28.8 Å². The Morgan fingerprint density at radius 1 is 1.32 bits per heavy atom. The van der Waals surface area contributed by atoms with Crippen LogP contribution < -0.4 is 5.32 Å². The molecular formula is C14H17NO4. The number of carboxylic acid groups (broad SMARTS) is 1. The van der Waals surface area contributed by atoms with Gasteiger partial charge in [0.15, 0.2) is 0 Å². The largest absolute Gasteiger partial charge is 0.506 e. The molecule has 1 aliphatic carbocycles. The van der Waals surface area contributed by atoms with E-state index in [2.05, 4.69) is 5.32 Å². The van der Waals surface area contributed by atoms with Crippen molar-refractivity contribution < 1.29 is 19.8 Å². The van der Waals surface area contributed by atoms with Crippen molar-refractivity contribution in [1.82, 2.24) is 0 Å². The number of benzene rings is 1. The lowest BCUT2D eigenvalue weighted by Gasteiger charge is -2.16. The van der Waals surface area contributed by atoms with E-state index in [4.69, 9.17) is 5.11 Å². The third-order valence-corrected chi connectivity index (χ3v) is 3.70. The monoisotopic (exact) mass is 263 g/mol. The van der Waals surface area contributed by atoms with Crippen LogP contribution >= 0.6 is 0 Å². The molecule has 2 unspecified atom stereocenters. The molecule has 1 aromatic carbocycles. The van der Waals surface area contributed by atoms with Crippen molar-refractivity contribution in [3.63, 3.8) is 0 Å². The average Bonchev–Trinajstić information content (AvgIpc) is 2.78. The quantitative estimate of drug-likeness (QED) is 0.731. The first-order chi connectivity index (χ1) is 8.99. The molecule has 5 heteroatoms. The van der Waals surface area contributed by atoms with Gasteiger partial charge in [0, 0.05) is 5.92 Å². The average molecular weight is 263 g/mol. The van der Waals surface area contributed by atoms with Crippen molar-refractivity contribution in [2.45, 2.75) is 26.2 Å². The Bertz CT molecular complexity index is 512. The number of rotatable bonds is 3. The molecule has 0 spiro atoms. The standard InChI is InChI=1S/C14H17NO4/c1-8-3-2-4-10(8)13(17)15-11-7-9(14(18)19)5-6-12(11)16/h5-8,10,16H,2-4H2,1H3,(H,15,17)(H,18,19). The zero-order chi connectivity index (χ0) is 14.0. The number of carbonyl (C=O) groups is 2. The van der Waals surface area contributed by atoms with Crippen molar-refractivity contribution in [2.75, 3.05) is 5.32 Å². The maximum absolute atomic E-state index is 12.1. The van der Waals surface area contributed by atoms with Gasteiger partial charge in [-0.2, -0.15) is 0 Å². The number of nitrogens with one attached hydrogen (secondary N) is 1. The van der Waals surface area contributed by atoms with E-state index in [1.54, 1.807) is 0 Å². The summed E-state index contributed by atoms with van der Waals surface area (Å²) in [7, 11) is 0. The van der Waals surface area contributed by atoms with Gasteiger partial charge in [-0.15, -0.1) is 0 Å². The Kier molecular flexibility index (Phi) is 3.74. The van der Waals surface area contributed by atoms with E-state index in [1.165, 1.54) is 18.2 Å². The topological polar surface area (TPSA) is 86.6 Å². The highest BCUT2D eigenvalue weighted by atomic mass is 16.4. The highest BCUT2D eigenvalue weighted by molar-refractivity contribution is 5.96. The number of hydrogen-bond donors (Lipinski definition) is 3. The van der Waals surface area contributed by atoms with Crippen LogP contribution in [0.4, 0.5) is 5.69 Å². The molecule has 102 valence electrons. The van der Waals surface area contributed by atoms with Gasteiger partial charge < -0.3 is 15.5 Å². The first-order valence-electron chi connectivity index (χ1n) is 6.36. The molecule has 1 saturated carbocycles. The van der Waals surface area contributed by atoms with Crippen molar-refractivity contribution in [2.24, 2.45) is 11.8 Å². The number of hydrogen-bond acceptors (Lipinski definition) is 3. The highest BCUT2D eigenvalue weighted by Gasteiger charge is 2.30. The van der Waals surface area contributed by atoms with Crippen molar-refractivity contribution in [3.05, 3.63) is 23.8 Å². The molecule has 1 fully saturated rings. The second-order valence-electron chi connectivity index (χ2n) is 5.04. The number of aromatic carboxylic acids is 1. The molecule has 19 heavy (non-hydrogen) atoms. The molecule has 2 rings (SSSR count). The van der Waals surface area contributed by atoms with Crippen LogP contribution in [0.15, 0.2) is 18.2 Å². The summed E-state index contributed by atoms with van der Waals surface area (Å²) in [6, 6.07) is 3.85. The van der Waals surface area contributed by atoms with E-state index in [1.807, 2.05) is 6.92 Å². The Morgan fingerprint density at radius 3 is 2.63 bits per heavy atom. The molecule has 0 aliphatic heterocycles. The van der Waals surface area contributed by atoms with Crippen LogP contribution in [0.1, 0.15) is 36.5 Å². The van der Waals surface area contributed by atoms with Gasteiger partial charge in [-0.3, -0.25) is 4.79 Å². The predicted molar refractivity (Wildman–Crippen MR) is 70.2 cm³/mol. The summed E-state index contributed by atoms with van der Waals surface area (Å²) in [6.45, 7) is 2.03. The van der Waals surface area contributed by atoms with Gasteiger partial charge in [-0.1, -0.05) is 13.3 Å². The number of amides is 1. The van der Waals surface area contributed by atoms with Crippen molar-refractivity contribution in [1.29, 1.82) is 0 Å². The number of carboxylic acids is 1. The van der Waals surface area contributed by atoms with Gasteiger partial charge in [0.25, 0.3) is 0 Å². The van der Waals surface area contributed by atoms with Crippen LogP contribution in [-0.2, 0) is 4.79 Å². The first kappa shape index (κ1) is 13.4. The van der Waals surface area contributed by atoms with Crippen molar-refractivity contribution in [3.8, 4) is 5.75 Å². The first-order valence-corrected chi connectivity index (χ1v) is 6.36. The molecule has 3 N–H and O–H groups in total. The number of aromatic hydroxyl groups is 1. The number of phenolic OH excluding ortho intramolecular Hbond substituents is 1. The Balaban J connectivity index is 2.16. The summed E-state index contributed by atoms with van der Waals surface area (Å²) in [4.78, 5) is 23.0. The molecule has 1 aliphatic rings. The van der Waals surface area contributed by atoms with Crippen LogP contribution in [0, 0.1) is 11.8 Å². The van der Waals surface area contributed by atoms with Gasteiger partial charge in [0.05, 0.1) is 11.3 Å². The van der Waals surface area contributed by atoms with E-state index >= 15 is 0 Å². The highest BCUT2D eigenvalue weighted by Crippen LogP contribution is 2.33. The van der Waals surface area contributed by atoms with Gasteiger partial charge >= 0.3 is 5.97 Å².